The van der Waals surface area contributed by atoms with Crippen LogP contribution in [0.2, 0.25) is 0 Å². The van der Waals surface area contributed by atoms with E-state index in [2.05, 4.69) is 32.9 Å². The quantitative estimate of drug-likeness (QED) is 0.512. The highest BCUT2D eigenvalue weighted by molar-refractivity contribution is 5.79. The molecule has 0 N–H and O–H groups in total. The maximum absolute atomic E-state index is 13.0. The number of halogens is 1. The van der Waals surface area contributed by atoms with E-state index in [-0.39, 0.29) is 11.7 Å². The van der Waals surface area contributed by atoms with Crippen molar-refractivity contribution in [1.29, 1.82) is 0 Å². The molecular formula is C20H23FO. The molecule has 116 valence electrons. The van der Waals surface area contributed by atoms with E-state index in [1.54, 1.807) is 6.07 Å². The predicted molar refractivity (Wildman–Crippen MR) is 91.0 cm³/mol. The summed E-state index contributed by atoms with van der Waals surface area (Å²) in [7, 11) is 0. The maximum atomic E-state index is 13.0. The van der Waals surface area contributed by atoms with Gasteiger partial charge >= 0.3 is 0 Å². The van der Waals surface area contributed by atoms with Crippen molar-refractivity contribution >= 4 is 18.4 Å². The fourth-order valence-electron chi connectivity index (χ4n) is 3.14. The van der Waals surface area contributed by atoms with Gasteiger partial charge in [-0.3, -0.25) is 4.79 Å². The molecule has 1 aliphatic carbocycles. The number of benzene rings is 1. The fraction of sp³-hybridized carbons (Fsp3) is 0.350. The molecule has 0 saturated heterocycles. The first-order chi connectivity index (χ1) is 10.4. The maximum Gasteiger partial charge on any atom is 0.178 e. The van der Waals surface area contributed by atoms with Gasteiger partial charge in [-0.1, -0.05) is 49.8 Å². The predicted octanol–water partition coefficient (Wildman–Crippen LogP) is 5.74. The highest BCUT2D eigenvalue weighted by atomic mass is 19.1. The number of hydrogen-bond acceptors (Lipinski definition) is 1. The Bertz CT molecular complexity index is 647. The van der Waals surface area contributed by atoms with Crippen LogP contribution in [0.5, 0.6) is 0 Å². The summed E-state index contributed by atoms with van der Waals surface area (Å²) in [4.78, 5) is 10.4. The molecule has 22 heavy (non-hydrogen) atoms. The molecule has 0 fully saturated rings. The summed E-state index contributed by atoms with van der Waals surface area (Å²) in [6.45, 7) is 6.78. The molecule has 1 nitrogen and oxygen atoms in total. The van der Waals surface area contributed by atoms with Crippen LogP contribution >= 0.6 is 0 Å². The molecule has 2 rings (SSSR count). The Morgan fingerprint density at radius 1 is 1.23 bits per heavy atom. The largest absolute Gasteiger partial charge is 0.295 e. The Kier molecular flexibility index (Phi) is 5.12. The van der Waals surface area contributed by atoms with Gasteiger partial charge in [0, 0.05) is 0 Å². The van der Waals surface area contributed by atoms with Gasteiger partial charge < -0.3 is 0 Å². The van der Waals surface area contributed by atoms with E-state index in [9.17, 15) is 9.18 Å². The normalized spacial score (nSPS) is 18.8. The van der Waals surface area contributed by atoms with Gasteiger partial charge in [-0.15, -0.1) is 0 Å². The molecule has 0 unspecified atom stereocenters. The summed E-state index contributed by atoms with van der Waals surface area (Å²) < 4.78 is 13.0. The van der Waals surface area contributed by atoms with Gasteiger partial charge in [-0.05, 0) is 60.4 Å². The second-order valence-electron chi connectivity index (χ2n) is 6.58. The molecule has 0 spiro atoms. The lowest BCUT2D eigenvalue weighted by atomic mass is 9.72. The number of rotatable bonds is 4. The van der Waals surface area contributed by atoms with Crippen LogP contribution in [0.1, 0.15) is 51.2 Å². The molecule has 0 saturated carbocycles. The van der Waals surface area contributed by atoms with Gasteiger partial charge in [-0.25, -0.2) is 4.39 Å². The Hall–Kier alpha value is -1.96. The zero-order chi connectivity index (χ0) is 16.2. The molecule has 0 amide bonds. The minimum Gasteiger partial charge on any atom is -0.295 e. The molecule has 0 radical (unpaired) electrons. The van der Waals surface area contributed by atoms with Gasteiger partial charge in [-0.2, -0.15) is 0 Å². The van der Waals surface area contributed by atoms with Crippen molar-refractivity contribution in [3.05, 3.63) is 58.4 Å². The van der Waals surface area contributed by atoms with Crippen molar-refractivity contribution < 1.29 is 9.18 Å². The zero-order valence-electron chi connectivity index (χ0n) is 13.5. The lowest BCUT2D eigenvalue weighted by Gasteiger charge is -2.32. The van der Waals surface area contributed by atoms with E-state index in [4.69, 9.17) is 0 Å². The summed E-state index contributed by atoms with van der Waals surface area (Å²) >= 11 is 0. The van der Waals surface area contributed by atoms with Crippen LogP contribution in [-0.4, -0.2) is 6.29 Å². The smallest absolute Gasteiger partial charge is 0.178 e. The van der Waals surface area contributed by atoms with Crippen LogP contribution in [0, 0.1) is 5.41 Å². The SMILES string of the molecule is CC1=C(/C=C/c2cccc(/C=C(\F)C=O)c2)C(C)(C)CCC1. The molecule has 0 aromatic heterocycles. The van der Waals surface area contributed by atoms with Crippen LogP contribution < -0.4 is 0 Å². The van der Waals surface area contributed by atoms with Crippen LogP contribution in [0.25, 0.3) is 12.2 Å². The van der Waals surface area contributed by atoms with Crippen molar-refractivity contribution in [1.82, 2.24) is 0 Å². The minimum atomic E-state index is -0.756. The fourth-order valence-corrected chi connectivity index (χ4v) is 3.14. The third-order valence-corrected chi connectivity index (χ3v) is 4.31. The van der Waals surface area contributed by atoms with Gasteiger partial charge in [0.1, 0.15) is 0 Å². The molecule has 1 aromatic rings. The van der Waals surface area contributed by atoms with Crippen molar-refractivity contribution in [2.24, 2.45) is 5.41 Å². The van der Waals surface area contributed by atoms with E-state index < -0.39 is 5.83 Å². The first-order valence-electron chi connectivity index (χ1n) is 7.73. The van der Waals surface area contributed by atoms with E-state index >= 15 is 0 Å². The van der Waals surface area contributed by atoms with Gasteiger partial charge in [0.2, 0.25) is 0 Å². The zero-order valence-corrected chi connectivity index (χ0v) is 13.5. The first kappa shape index (κ1) is 16.4. The lowest BCUT2D eigenvalue weighted by Crippen LogP contribution is -2.18. The monoisotopic (exact) mass is 298 g/mol. The number of carbonyl (C=O) groups excluding carboxylic acids is 1. The van der Waals surface area contributed by atoms with Gasteiger partial charge in [0.15, 0.2) is 12.1 Å². The highest BCUT2D eigenvalue weighted by Crippen LogP contribution is 2.40. The van der Waals surface area contributed by atoms with Gasteiger partial charge in [0.25, 0.3) is 0 Å². The summed E-state index contributed by atoms with van der Waals surface area (Å²) in [6.07, 6.45) is 9.35. The Labute approximate surface area is 132 Å². The summed E-state index contributed by atoms with van der Waals surface area (Å²) in [5, 5.41) is 0. The Morgan fingerprint density at radius 3 is 2.64 bits per heavy atom. The minimum absolute atomic E-state index is 0.208. The van der Waals surface area contributed by atoms with Crippen LogP contribution in [0.4, 0.5) is 4.39 Å². The van der Waals surface area contributed by atoms with E-state index in [0.717, 1.165) is 12.0 Å². The summed E-state index contributed by atoms with van der Waals surface area (Å²) in [6, 6.07) is 7.52. The van der Waals surface area contributed by atoms with Crippen molar-refractivity contribution in [3.8, 4) is 0 Å². The summed E-state index contributed by atoms with van der Waals surface area (Å²) in [5.41, 5.74) is 4.77. The van der Waals surface area contributed by atoms with Crippen molar-refractivity contribution in [2.45, 2.75) is 40.0 Å². The van der Waals surface area contributed by atoms with E-state index in [1.807, 2.05) is 18.2 Å². The highest BCUT2D eigenvalue weighted by Gasteiger charge is 2.26. The average molecular weight is 298 g/mol. The van der Waals surface area contributed by atoms with Crippen molar-refractivity contribution in [3.63, 3.8) is 0 Å². The Morgan fingerprint density at radius 2 is 1.95 bits per heavy atom. The molecule has 0 aliphatic heterocycles. The molecular weight excluding hydrogens is 275 g/mol. The van der Waals surface area contributed by atoms with Crippen LogP contribution in [0.15, 0.2) is 47.3 Å². The number of aldehydes is 1. The molecule has 0 bridgehead atoms. The second-order valence-corrected chi connectivity index (χ2v) is 6.58. The third kappa shape index (κ3) is 4.03. The first-order valence-corrected chi connectivity index (χ1v) is 7.73. The molecule has 1 aliphatic rings. The third-order valence-electron chi connectivity index (χ3n) is 4.31. The topological polar surface area (TPSA) is 17.1 Å². The summed E-state index contributed by atoms with van der Waals surface area (Å²) in [5.74, 6) is -0.756. The van der Waals surface area contributed by atoms with E-state index in [0.29, 0.717) is 5.56 Å². The standard InChI is InChI=1S/C20H23FO/c1-15-6-5-11-20(2,3)19(15)10-9-16-7-4-8-17(12-16)13-18(21)14-22/h4,7-10,12-14H,5-6,11H2,1-3H3/b10-9+,18-13-. The number of allylic oxidation sites excluding steroid dienone is 4. The number of hydrogen-bond donors (Lipinski definition) is 0. The molecule has 0 heterocycles. The molecule has 1 aromatic carbocycles. The Balaban J connectivity index is 2.27. The average Bonchev–Trinajstić information content (AvgIpc) is 2.46. The van der Waals surface area contributed by atoms with E-state index in [1.165, 1.54) is 30.1 Å². The molecule has 2 heteroatoms. The lowest BCUT2D eigenvalue weighted by molar-refractivity contribution is -0.106. The van der Waals surface area contributed by atoms with Crippen molar-refractivity contribution in [2.75, 3.05) is 0 Å². The van der Waals surface area contributed by atoms with Crippen LogP contribution in [-0.2, 0) is 4.79 Å². The second kappa shape index (κ2) is 6.87. The van der Waals surface area contributed by atoms with Crippen LogP contribution in [0.3, 0.4) is 0 Å². The number of carbonyl (C=O) groups is 1. The molecule has 0 atom stereocenters. The van der Waals surface area contributed by atoms with Gasteiger partial charge in [0.05, 0.1) is 0 Å².